The van der Waals surface area contributed by atoms with Crippen molar-refractivity contribution in [2.75, 3.05) is 18.1 Å². The summed E-state index contributed by atoms with van der Waals surface area (Å²) in [6.07, 6.45) is 3.17. The molecule has 140 valence electrons. The van der Waals surface area contributed by atoms with Gasteiger partial charge in [-0.2, -0.15) is 15.0 Å². The molecule has 0 aliphatic carbocycles. The normalized spacial score (nSPS) is 17.8. The van der Waals surface area contributed by atoms with Crippen molar-refractivity contribution in [3.63, 3.8) is 0 Å². The van der Waals surface area contributed by atoms with Crippen molar-refractivity contribution in [2.45, 2.75) is 19.1 Å². The van der Waals surface area contributed by atoms with Gasteiger partial charge in [-0.1, -0.05) is 13.2 Å². The Morgan fingerprint density at radius 1 is 1.31 bits per heavy atom. The fraction of sp³-hybridized carbons (Fsp3) is 0.286. The molecule has 9 N–H and O–H groups in total. The maximum Gasteiger partial charge on any atom is 0.333 e. The fourth-order valence-corrected chi connectivity index (χ4v) is 1.48. The number of guanidine groups is 1. The van der Waals surface area contributed by atoms with Crippen molar-refractivity contribution in [2.24, 2.45) is 21.5 Å². The highest BCUT2D eigenvalue weighted by molar-refractivity contribution is 5.88. The van der Waals surface area contributed by atoms with Gasteiger partial charge in [0, 0.05) is 12.0 Å². The van der Waals surface area contributed by atoms with Crippen LogP contribution in [0.5, 0.6) is 0 Å². The fourth-order valence-electron chi connectivity index (χ4n) is 1.48. The van der Waals surface area contributed by atoms with E-state index in [1.807, 2.05) is 0 Å². The summed E-state index contributed by atoms with van der Waals surface area (Å²) in [4.78, 5) is 29.7. The van der Waals surface area contributed by atoms with Crippen molar-refractivity contribution >= 4 is 30.2 Å². The second-order valence-electron chi connectivity index (χ2n) is 5.04. The van der Waals surface area contributed by atoms with E-state index in [2.05, 4.69) is 43.4 Å². The highest BCUT2D eigenvalue weighted by Crippen LogP contribution is 2.01. The van der Waals surface area contributed by atoms with E-state index in [1.165, 1.54) is 12.4 Å². The molecule has 1 aromatic heterocycles. The Balaban J connectivity index is 0.000000289. The van der Waals surface area contributed by atoms with E-state index in [-0.39, 0.29) is 24.5 Å². The lowest BCUT2D eigenvalue weighted by Crippen LogP contribution is -2.52. The van der Waals surface area contributed by atoms with Gasteiger partial charge in [0.1, 0.15) is 5.82 Å². The molecule has 1 aromatic rings. The number of hydrogen-bond donors (Lipinski definition) is 5. The molecule has 26 heavy (non-hydrogen) atoms. The average molecular weight is 362 g/mol. The predicted molar refractivity (Wildman–Crippen MR) is 98.5 cm³/mol. The van der Waals surface area contributed by atoms with Crippen LogP contribution in [0.2, 0.25) is 0 Å². The van der Waals surface area contributed by atoms with Crippen molar-refractivity contribution in [3.8, 4) is 0 Å². The van der Waals surface area contributed by atoms with E-state index in [1.54, 1.807) is 6.92 Å². The monoisotopic (exact) mass is 362 g/mol. The van der Waals surface area contributed by atoms with Gasteiger partial charge < -0.3 is 27.3 Å². The van der Waals surface area contributed by atoms with Crippen molar-refractivity contribution < 1.29 is 9.53 Å². The van der Waals surface area contributed by atoms with Gasteiger partial charge in [0.2, 0.25) is 23.6 Å². The molecule has 1 aliphatic heterocycles. The van der Waals surface area contributed by atoms with E-state index < -0.39 is 11.8 Å². The number of nitrogens with zero attached hydrogens (tertiary/aromatic N) is 5. The molecule has 0 saturated carbocycles. The van der Waals surface area contributed by atoms with E-state index in [0.717, 1.165) is 0 Å². The molecule has 0 saturated heterocycles. The number of aliphatic imine (C=N–C) groups is 2. The van der Waals surface area contributed by atoms with Gasteiger partial charge in [0.05, 0.1) is 12.9 Å². The quantitative estimate of drug-likeness (QED) is 0.231. The first kappa shape index (κ1) is 20.5. The molecule has 12 nitrogen and oxygen atoms in total. The van der Waals surface area contributed by atoms with Crippen LogP contribution in [0.1, 0.15) is 12.7 Å². The topological polar surface area (TPSA) is 206 Å². The molecule has 0 bridgehead atoms. The first-order chi connectivity index (χ1) is 12.1. The Morgan fingerprint density at radius 3 is 2.38 bits per heavy atom. The summed E-state index contributed by atoms with van der Waals surface area (Å²) < 4.78 is 4.87. The van der Waals surface area contributed by atoms with Crippen LogP contribution >= 0.6 is 0 Å². The van der Waals surface area contributed by atoms with Gasteiger partial charge in [0.15, 0.2) is 0 Å². The van der Waals surface area contributed by atoms with E-state index in [9.17, 15) is 4.79 Å². The summed E-state index contributed by atoms with van der Waals surface area (Å²) in [5, 5.41) is 2.68. The second kappa shape index (κ2) is 9.08. The van der Waals surface area contributed by atoms with Crippen LogP contribution in [0.4, 0.5) is 11.9 Å². The van der Waals surface area contributed by atoms with Crippen LogP contribution in [0, 0.1) is 0 Å². The van der Waals surface area contributed by atoms with Crippen LogP contribution in [0.15, 0.2) is 34.8 Å². The summed E-state index contributed by atoms with van der Waals surface area (Å²) in [5.74, 6) is -0.788. The molecule has 12 heteroatoms. The first-order valence-electron chi connectivity index (χ1n) is 7.31. The Morgan fingerprint density at radius 2 is 1.92 bits per heavy atom. The summed E-state index contributed by atoms with van der Waals surface area (Å²) in [5.41, 5.74) is 21.9. The number of rotatable bonds is 5. The number of carbonyl (C=O) groups is 1. The lowest BCUT2D eigenvalue weighted by Gasteiger charge is -2.22. The standard InChI is InChI=1S/C9H13N5O2.C5H9N5/c1-5(2)7(15)16-4-3-6-12-8(10)14-9(11)13-6;1-2-5(7)9-3-8-4(6)10-5/h1,3-4H2,2H3,(H4,10,11,12,13,14);2-3H,1,7H2,(H3,6,8,9,10). The minimum Gasteiger partial charge on any atom is -0.462 e. The molecule has 1 unspecified atom stereocenters. The van der Waals surface area contributed by atoms with E-state index >= 15 is 0 Å². The number of ether oxygens (including phenoxy) is 1. The molecule has 1 atom stereocenters. The maximum atomic E-state index is 11.0. The molecule has 0 aromatic carbocycles. The third-order valence-corrected chi connectivity index (χ3v) is 2.73. The molecular formula is C14H22N10O2. The first-order valence-corrected chi connectivity index (χ1v) is 7.31. The number of anilines is 2. The highest BCUT2D eigenvalue weighted by Gasteiger charge is 2.19. The van der Waals surface area contributed by atoms with Crippen LogP contribution in [-0.2, 0) is 16.0 Å². The average Bonchev–Trinajstić information content (AvgIpc) is 2.54. The van der Waals surface area contributed by atoms with Crippen LogP contribution in [-0.4, -0.2) is 45.6 Å². The third kappa shape index (κ3) is 6.92. The number of nitrogens with one attached hydrogen (secondary N) is 1. The van der Waals surface area contributed by atoms with Gasteiger partial charge >= 0.3 is 5.97 Å². The van der Waals surface area contributed by atoms with Crippen LogP contribution in [0.3, 0.4) is 0 Å². The molecule has 0 amide bonds. The zero-order chi connectivity index (χ0) is 19.7. The molecule has 0 fully saturated rings. The highest BCUT2D eigenvalue weighted by atomic mass is 16.5. The Labute approximate surface area is 150 Å². The lowest BCUT2D eigenvalue weighted by atomic mass is 10.3. The molecular weight excluding hydrogens is 340 g/mol. The number of aromatic nitrogens is 3. The van der Waals surface area contributed by atoms with E-state index in [4.69, 9.17) is 27.7 Å². The minimum atomic E-state index is -0.980. The van der Waals surface area contributed by atoms with Crippen LogP contribution < -0.4 is 28.3 Å². The predicted octanol–water partition coefficient (Wildman–Crippen LogP) is -1.57. The number of hydrogen-bond acceptors (Lipinski definition) is 12. The Kier molecular flexibility index (Phi) is 7.16. The van der Waals surface area contributed by atoms with Gasteiger partial charge in [0.25, 0.3) is 0 Å². The number of nitrogen functional groups attached to an aromatic ring is 2. The summed E-state index contributed by atoms with van der Waals surface area (Å²) in [6, 6.07) is 0. The minimum absolute atomic E-state index is 0.0497. The van der Waals surface area contributed by atoms with Crippen molar-refractivity contribution in [1.82, 2.24) is 20.3 Å². The number of esters is 1. The summed E-state index contributed by atoms with van der Waals surface area (Å²) in [6.45, 7) is 8.65. The van der Waals surface area contributed by atoms with Crippen molar-refractivity contribution in [1.29, 1.82) is 0 Å². The largest absolute Gasteiger partial charge is 0.462 e. The summed E-state index contributed by atoms with van der Waals surface area (Å²) in [7, 11) is 0. The maximum absolute atomic E-state index is 11.0. The van der Waals surface area contributed by atoms with Gasteiger partial charge in [-0.25, -0.2) is 14.8 Å². The SMILES string of the molecule is C=C(C)C(=O)OCCc1nc(N)nc(N)n1.C=CC1(N)N=C(N)N=CN1. The third-order valence-electron chi connectivity index (χ3n) is 2.73. The number of carbonyl (C=O) groups excluding carboxylic acids is 1. The van der Waals surface area contributed by atoms with Crippen LogP contribution in [0.25, 0.3) is 0 Å². The van der Waals surface area contributed by atoms with Gasteiger partial charge in [-0.05, 0) is 13.0 Å². The number of nitrogens with two attached hydrogens (primary N) is 4. The summed E-state index contributed by atoms with van der Waals surface area (Å²) >= 11 is 0. The van der Waals surface area contributed by atoms with Gasteiger partial charge in [-0.15, -0.1) is 0 Å². The molecule has 2 heterocycles. The lowest BCUT2D eigenvalue weighted by molar-refractivity contribution is -0.138. The molecule has 0 spiro atoms. The smallest absolute Gasteiger partial charge is 0.333 e. The molecule has 2 rings (SSSR count). The molecule has 0 radical (unpaired) electrons. The zero-order valence-electron chi connectivity index (χ0n) is 14.3. The second-order valence-corrected chi connectivity index (χ2v) is 5.04. The zero-order valence-corrected chi connectivity index (χ0v) is 14.3. The Bertz CT molecular complexity index is 725. The Hall–Kier alpha value is -3.54. The van der Waals surface area contributed by atoms with Gasteiger partial charge in [-0.3, -0.25) is 5.73 Å². The molecule has 1 aliphatic rings. The van der Waals surface area contributed by atoms with E-state index in [0.29, 0.717) is 17.8 Å². The van der Waals surface area contributed by atoms with Crippen molar-refractivity contribution in [3.05, 3.63) is 30.6 Å².